The first kappa shape index (κ1) is 13.1. The average Bonchev–Trinajstić information content (AvgIpc) is 2.63. The van der Waals surface area contributed by atoms with E-state index >= 15 is 0 Å². The predicted molar refractivity (Wildman–Crippen MR) is 71.8 cm³/mol. The van der Waals surface area contributed by atoms with E-state index in [1.807, 2.05) is 0 Å². The van der Waals surface area contributed by atoms with Gasteiger partial charge in [0, 0.05) is 10.7 Å². The quantitative estimate of drug-likeness (QED) is 0.526. The van der Waals surface area contributed by atoms with Crippen LogP contribution in [0.4, 0.5) is 0 Å². The molecule has 1 unspecified atom stereocenters. The van der Waals surface area contributed by atoms with Gasteiger partial charge in [-0.3, -0.25) is 0 Å². The van der Waals surface area contributed by atoms with Crippen molar-refractivity contribution in [2.75, 3.05) is 5.75 Å². The van der Waals surface area contributed by atoms with Crippen LogP contribution in [0.15, 0.2) is 27.2 Å². The first-order valence-electron chi connectivity index (χ1n) is 5.01. The summed E-state index contributed by atoms with van der Waals surface area (Å²) in [5.41, 5.74) is 1.41. The zero-order chi connectivity index (χ0) is 11.4. The van der Waals surface area contributed by atoms with Crippen molar-refractivity contribution in [2.24, 2.45) is 10.9 Å². The number of rotatable bonds is 4. The molecule has 0 bridgehead atoms. The fraction of sp³-hybridized carbons (Fsp3) is 0.545. The summed E-state index contributed by atoms with van der Waals surface area (Å²) in [6, 6.07) is 0. The Balaban J connectivity index is 2.95. The number of allylic oxidation sites excluding steroid dienone is 2. The summed E-state index contributed by atoms with van der Waals surface area (Å²) in [4.78, 5) is 5.11. The van der Waals surface area contributed by atoms with Gasteiger partial charge in [0.05, 0.1) is 0 Å². The molecule has 0 radical (unpaired) electrons. The first-order valence-corrected chi connectivity index (χ1v) is 6.75. The van der Waals surface area contributed by atoms with E-state index in [9.17, 15) is 0 Å². The van der Waals surface area contributed by atoms with Gasteiger partial charge >= 0.3 is 0 Å². The lowest BCUT2D eigenvalue weighted by Gasteiger charge is -2.11. The van der Waals surface area contributed by atoms with Crippen LogP contribution < -0.4 is 0 Å². The van der Waals surface area contributed by atoms with Crippen LogP contribution in [-0.2, 0) is 0 Å². The Morgan fingerprint density at radius 2 is 2.27 bits per heavy atom. The van der Waals surface area contributed by atoms with E-state index in [1.54, 1.807) is 11.8 Å². The molecule has 0 fully saturated rings. The summed E-state index contributed by atoms with van der Waals surface area (Å²) in [5.74, 6) is 1.66. The predicted octanol–water partition coefficient (Wildman–Crippen LogP) is 4.77. The second kappa shape index (κ2) is 5.97. The molecule has 1 heterocycles. The third-order valence-electron chi connectivity index (χ3n) is 2.52. The van der Waals surface area contributed by atoms with Crippen molar-refractivity contribution < 1.29 is 0 Å². The van der Waals surface area contributed by atoms with E-state index in [2.05, 4.69) is 25.4 Å². The van der Waals surface area contributed by atoms with Crippen molar-refractivity contribution in [3.05, 3.63) is 22.2 Å². The van der Waals surface area contributed by atoms with Crippen LogP contribution in [0.2, 0.25) is 0 Å². The number of hydrogen-bond donors (Lipinski definition) is 0. The van der Waals surface area contributed by atoms with E-state index in [0.717, 1.165) is 23.5 Å². The van der Waals surface area contributed by atoms with Crippen LogP contribution in [0.25, 0.3) is 0 Å². The Morgan fingerprint density at radius 3 is 2.80 bits per heavy atom. The summed E-state index contributed by atoms with van der Waals surface area (Å²) >= 11 is 13.5. The van der Waals surface area contributed by atoms with Crippen LogP contribution in [0.3, 0.4) is 0 Å². The summed E-state index contributed by atoms with van der Waals surface area (Å²) in [6.07, 6.45) is 2.24. The van der Waals surface area contributed by atoms with Crippen molar-refractivity contribution in [3.8, 4) is 0 Å². The van der Waals surface area contributed by atoms with Gasteiger partial charge in [0.2, 0.25) is 0 Å². The van der Waals surface area contributed by atoms with E-state index in [1.165, 1.54) is 5.57 Å². The van der Waals surface area contributed by atoms with Crippen molar-refractivity contribution in [1.82, 2.24) is 0 Å². The fourth-order valence-corrected chi connectivity index (χ4v) is 3.23. The molecule has 0 saturated heterocycles. The van der Waals surface area contributed by atoms with Gasteiger partial charge in [0.15, 0.2) is 0 Å². The van der Waals surface area contributed by atoms with Crippen LogP contribution in [0.5, 0.6) is 0 Å². The molecule has 0 spiro atoms. The van der Waals surface area contributed by atoms with Gasteiger partial charge in [-0.2, -0.15) is 0 Å². The fourth-order valence-electron chi connectivity index (χ4n) is 1.54. The van der Waals surface area contributed by atoms with Gasteiger partial charge in [0.25, 0.3) is 0 Å². The van der Waals surface area contributed by atoms with Crippen molar-refractivity contribution in [3.63, 3.8) is 0 Å². The maximum atomic E-state index is 6.10. The highest BCUT2D eigenvalue weighted by Gasteiger charge is 2.22. The van der Waals surface area contributed by atoms with Crippen LogP contribution in [-0.4, -0.2) is 10.9 Å². The smallest absolute Gasteiger partial charge is 0.144 e. The Kier molecular flexibility index (Phi) is 5.24. The Bertz CT molecular complexity index is 321. The maximum Gasteiger partial charge on any atom is 0.144 e. The molecule has 1 rings (SSSR count). The topological polar surface area (TPSA) is 12.4 Å². The number of nitrogens with zero attached hydrogens (tertiary/aromatic N) is 1. The SMILES string of the molecule is C=C(Cl)N=C(Cl)C1=C(C(C)CC)CCS1. The summed E-state index contributed by atoms with van der Waals surface area (Å²) < 4.78 is 0. The normalized spacial score (nSPS) is 19.6. The average molecular weight is 264 g/mol. The standard InChI is InChI=1S/C11H15Cl2NS/c1-4-7(2)9-5-6-15-10(9)11(13)14-8(3)12/h7H,3-6H2,1-2H3. The molecule has 0 aliphatic carbocycles. The molecule has 4 heteroatoms. The first-order chi connectivity index (χ1) is 7.06. The number of hydrogen-bond acceptors (Lipinski definition) is 2. The number of aliphatic imine (C=N–C) groups is 1. The van der Waals surface area contributed by atoms with Gasteiger partial charge in [0.1, 0.15) is 10.3 Å². The molecule has 0 saturated carbocycles. The molecule has 0 aromatic rings. The zero-order valence-corrected chi connectivity index (χ0v) is 11.3. The molecule has 0 aromatic carbocycles. The van der Waals surface area contributed by atoms with Crippen LogP contribution >= 0.6 is 35.0 Å². The molecule has 1 aliphatic rings. The highest BCUT2D eigenvalue weighted by molar-refractivity contribution is 8.04. The molecular formula is C11H15Cl2NS. The summed E-state index contributed by atoms with van der Waals surface area (Å²) in [5, 5.41) is 0.733. The van der Waals surface area contributed by atoms with Crippen molar-refractivity contribution in [2.45, 2.75) is 26.7 Å². The molecular weight excluding hydrogens is 249 g/mol. The molecule has 1 nitrogen and oxygen atoms in total. The lowest BCUT2D eigenvalue weighted by Crippen LogP contribution is -2.00. The molecule has 0 aromatic heterocycles. The van der Waals surface area contributed by atoms with Crippen molar-refractivity contribution in [1.29, 1.82) is 0 Å². The van der Waals surface area contributed by atoms with Gasteiger partial charge in [-0.05, 0) is 24.3 Å². The van der Waals surface area contributed by atoms with E-state index < -0.39 is 0 Å². The minimum atomic E-state index is 0.239. The highest BCUT2D eigenvalue weighted by atomic mass is 35.5. The molecule has 84 valence electrons. The van der Waals surface area contributed by atoms with Crippen molar-refractivity contribution >= 4 is 40.1 Å². The maximum absolute atomic E-state index is 6.10. The summed E-state index contributed by atoms with van der Waals surface area (Å²) in [7, 11) is 0. The Morgan fingerprint density at radius 1 is 1.60 bits per heavy atom. The van der Waals surface area contributed by atoms with E-state index in [4.69, 9.17) is 23.2 Å². The lowest BCUT2D eigenvalue weighted by atomic mass is 9.96. The van der Waals surface area contributed by atoms with Gasteiger partial charge in [-0.15, -0.1) is 11.8 Å². The van der Waals surface area contributed by atoms with E-state index in [-0.39, 0.29) is 5.16 Å². The Labute approximate surface area is 106 Å². The molecule has 0 N–H and O–H groups in total. The molecule has 1 atom stereocenters. The van der Waals surface area contributed by atoms with E-state index in [0.29, 0.717) is 11.1 Å². The van der Waals surface area contributed by atoms with Crippen LogP contribution in [0.1, 0.15) is 26.7 Å². The third-order valence-corrected chi connectivity index (χ3v) is 4.15. The third kappa shape index (κ3) is 3.54. The number of halogens is 2. The second-order valence-electron chi connectivity index (χ2n) is 3.54. The number of thioether (sulfide) groups is 1. The monoisotopic (exact) mass is 263 g/mol. The largest absolute Gasteiger partial charge is 0.224 e. The molecule has 15 heavy (non-hydrogen) atoms. The van der Waals surface area contributed by atoms with Gasteiger partial charge < -0.3 is 0 Å². The van der Waals surface area contributed by atoms with Gasteiger partial charge in [-0.25, -0.2) is 4.99 Å². The molecule has 1 aliphatic heterocycles. The lowest BCUT2D eigenvalue weighted by molar-refractivity contribution is 0.638. The van der Waals surface area contributed by atoms with Crippen LogP contribution in [0, 0.1) is 5.92 Å². The van der Waals surface area contributed by atoms with Gasteiger partial charge in [-0.1, -0.05) is 43.6 Å². The minimum Gasteiger partial charge on any atom is -0.224 e. The zero-order valence-electron chi connectivity index (χ0n) is 9.02. The highest BCUT2D eigenvalue weighted by Crippen LogP contribution is 2.38. The Hall–Kier alpha value is 0.0800. The molecule has 0 amide bonds. The summed E-state index contributed by atoms with van der Waals surface area (Å²) in [6.45, 7) is 7.93. The second-order valence-corrected chi connectivity index (χ2v) is 5.44. The minimum absolute atomic E-state index is 0.239.